The first-order valence-electron chi connectivity index (χ1n) is 9.90. The van der Waals surface area contributed by atoms with Gasteiger partial charge in [-0.1, -0.05) is 19.9 Å². The quantitative estimate of drug-likeness (QED) is 0.392. The number of nitrogens with two attached hydrogens (primary N) is 1. The maximum absolute atomic E-state index is 13.4. The van der Waals surface area contributed by atoms with Gasteiger partial charge in [-0.15, -0.1) is 0 Å². The number of carbonyl (C=O) groups excluding carboxylic acids is 1. The van der Waals surface area contributed by atoms with Gasteiger partial charge in [-0.25, -0.2) is 13.8 Å². The van der Waals surface area contributed by atoms with Crippen LogP contribution in [0.1, 0.15) is 29.8 Å². The predicted octanol–water partition coefficient (Wildman–Crippen LogP) is 4.88. The second kappa shape index (κ2) is 9.88. The monoisotopic (exact) mass is 425 g/mol. The standard InChI is InChI=1S/C23H25F2N5O/c1-14(2)11-27-18-4-3-5-19(9-18)30-22-10-21(20(13-29-22)23(26)31)28-12-15-6-16(24)8-17(25)7-15/h3-10,13-14,27H,11-12H2,1-2H3,(H2,26,31)(H2,28,29,30). The van der Waals surface area contributed by atoms with E-state index < -0.39 is 17.5 Å². The molecule has 1 heterocycles. The molecule has 0 saturated carbocycles. The lowest BCUT2D eigenvalue weighted by molar-refractivity contribution is 0.100. The van der Waals surface area contributed by atoms with Crippen LogP contribution in [-0.4, -0.2) is 17.4 Å². The van der Waals surface area contributed by atoms with E-state index in [2.05, 4.69) is 34.8 Å². The summed E-state index contributed by atoms with van der Waals surface area (Å²) in [4.78, 5) is 16.0. The van der Waals surface area contributed by atoms with E-state index in [1.807, 2.05) is 24.3 Å². The number of hydrogen-bond acceptors (Lipinski definition) is 5. The lowest BCUT2D eigenvalue weighted by atomic mass is 10.1. The van der Waals surface area contributed by atoms with E-state index in [1.165, 1.54) is 18.3 Å². The topological polar surface area (TPSA) is 92.1 Å². The molecule has 0 aliphatic heterocycles. The third kappa shape index (κ3) is 6.40. The fraction of sp³-hybridized carbons (Fsp3) is 0.217. The highest BCUT2D eigenvalue weighted by Gasteiger charge is 2.11. The number of rotatable bonds is 9. The van der Waals surface area contributed by atoms with Crippen molar-refractivity contribution in [3.05, 3.63) is 77.5 Å². The summed E-state index contributed by atoms with van der Waals surface area (Å²) >= 11 is 0. The average molecular weight is 425 g/mol. The number of primary amides is 1. The van der Waals surface area contributed by atoms with Crippen LogP contribution in [0, 0.1) is 17.6 Å². The molecule has 3 rings (SSSR count). The van der Waals surface area contributed by atoms with Gasteiger partial charge in [0.05, 0.1) is 11.3 Å². The van der Waals surface area contributed by atoms with E-state index >= 15 is 0 Å². The highest BCUT2D eigenvalue weighted by Crippen LogP contribution is 2.24. The molecule has 0 saturated heterocycles. The minimum absolute atomic E-state index is 0.104. The van der Waals surface area contributed by atoms with Gasteiger partial charge < -0.3 is 21.7 Å². The summed E-state index contributed by atoms with van der Waals surface area (Å²) in [6, 6.07) is 12.6. The van der Waals surface area contributed by atoms with Crippen LogP contribution in [0.5, 0.6) is 0 Å². The molecule has 1 aromatic heterocycles. The number of halogens is 2. The summed E-state index contributed by atoms with van der Waals surface area (Å²) in [6.45, 7) is 5.22. The highest BCUT2D eigenvalue weighted by atomic mass is 19.1. The van der Waals surface area contributed by atoms with E-state index in [4.69, 9.17) is 5.73 Å². The Bertz CT molecular complexity index is 1050. The Morgan fingerprint density at radius 2 is 1.74 bits per heavy atom. The number of anilines is 4. The van der Waals surface area contributed by atoms with Crippen molar-refractivity contribution in [1.82, 2.24) is 4.98 Å². The number of benzene rings is 2. The molecule has 162 valence electrons. The zero-order valence-corrected chi connectivity index (χ0v) is 17.4. The van der Waals surface area contributed by atoms with Gasteiger partial charge in [0.2, 0.25) is 0 Å². The molecule has 0 bridgehead atoms. The third-order valence-corrected chi connectivity index (χ3v) is 4.42. The summed E-state index contributed by atoms with van der Waals surface area (Å²) in [7, 11) is 0. The molecular weight excluding hydrogens is 400 g/mol. The molecule has 0 atom stereocenters. The Morgan fingerprint density at radius 1 is 1.03 bits per heavy atom. The molecule has 0 radical (unpaired) electrons. The smallest absolute Gasteiger partial charge is 0.252 e. The van der Waals surface area contributed by atoms with Gasteiger partial charge >= 0.3 is 0 Å². The van der Waals surface area contributed by atoms with Gasteiger partial charge in [-0.2, -0.15) is 0 Å². The summed E-state index contributed by atoms with van der Waals surface area (Å²) < 4.78 is 26.9. The fourth-order valence-electron chi connectivity index (χ4n) is 2.95. The molecule has 8 heteroatoms. The number of pyridine rings is 1. The Hall–Kier alpha value is -3.68. The molecular formula is C23H25F2N5O. The number of nitrogens with zero attached hydrogens (tertiary/aromatic N) is 1. The van der Waals surface area contributed by atoms with Crippen LogP contribution in [0.15, 0.2) is 54.7 Å². The van der Waals surface area contributed by atoms with Gasteiger partial charge in [-0.3, -0.25) is 4.79 Å². The molecule has 5 N–H and O–H groups in total. The van der Waals surface area contributed by atoms with Crippen molar-refractivity contribution in [2.45, 2.75) is 20.4 Å². The molecule has 1 amide bonds. The second-order valence-corrected chi connectivity index (χ2v) is 7.59. The van der Waals surface area contributed by atoms with Crippen LogP contribution in [-0.2, 0) is 6.54 Å². The lowest BCUT2D eigenvalue weighted by Crippen LogP contribution is -2.15. The molecule has 0 spiro atoms. The molecule has 0 aliphatic rings. The van der Waals surface area contributed by atoms with Crippen LogP contribution < -0.4 is 21.7 Å². The van der Waals surface area contributed by atoms with Crippen LogP contribution in [0.25, 0.3) is 0 Å². The predicted molar refractivity (Wildman–Crippen MR) is 119 cm³/mol. The number of hydrogen-bond donors (Lipinski definition) is 4. The molecule has 6 nitrogen and oxygen atoms in total. The van der Waals surface area contributed by atoms with Crippen molar-refractivity contribution in [2.24, 2.45) is 11.7 Å². The summed E-state index contributed by atoms with van der Waals surface area (Å²) in [5.41, 5.74) is 8.20. The Morgan fingerprint density at radius 3 is 2.42 bits per heavy atom. The maximum Gasteiger partial charge on any atom is 0.252 e. The number of carbonyl (C=O) groups is 1. The maximum atomic E-state index is 13.4. The van der Waals surface area contributed by atoms with Crippen molar-refractivity contribution in [1.29, 1.82) is 0 Å². The Kier molecular flexibility index (Phi) is 7.02. The molecule has 0 fully saturated rings. The van der Waals surface area contributed by atoms with Crippen molar-refractivity contribution in [2.75, 3.05) is 22.5 Å². The van der Waals surface area contributed by atoms with Crippen molar-refractivity contribution >= 4 is 28.8 Å². The molecule has 2 aromatic carbocycles. The third-order valence-electron chi connectivity index (χ3n) is 4.42. The first kappa shape index (κ1) is 22.0. The van der Waals surface area contributed by atoms with Crippen LogP contribution >= 0.6 is 0 Å². The van der Waals surface area contributed by atoms with Gasteiger partial charge in [-0.05, 0) is 41.8 Å². The molecule has 0 unspecified atom stereocenters. The van der Waals surface area contributed by atoms with Gasteiger partial charge in [0.15, 0.2) is 0 Å². The minimum atomic E-state index is -0.671. The first-order chi connectivity index (χ1) is 14.8. The van der Waals surface area contributed by atoms with Gasteiger partial charge in [0.25, 0.3) is 5.91 Å². The minimum Gasteiger partial charge on any atom is -0.385 e. The number of aromatic nitrogens is 1. The van der Waals surface area contributed by atoms with Crippen LogP contribution in [0.4, 0.5) is 31.7 Å². The average Bonchev–Trinajstić information content (AvgIpc) is 2.70. The Balaban J connectivity index is 1.78. The molecule has 0 aliphatic carbocycles. The van der Waals surface area contributed by atoms with Crippen molar-refractivity contribution in [3.63, 3.8) is 0 Å². The zero-order valence-electron chi connectivity index (χ0n) is 17.4. The van der Waals surface area contributed by atoms with Crippen molar-refractivity contribution < 1.29 is 13.6 Å². The second-order valence-electron chi connectivity index (χ2n) is 7.59. The van der Waals surface area contributed by atoms with Crippen LogP contribution in [0.3, 0.4) is 0 Å². The first-order valence-corrected chi connectivity index (χ1v) is 9.90. The SMILES string of the molecule is CC(C)CNc1cccc(Nc2cc(NCc3cc(F)cc(F)c3)c(C(N)=O)cn2)c1. The van der Waals surface area contributed by atoms with E-state index in [9.17, 15) is 13.6 Å². The zero-order chi connectivity index (χ0) is 22.4. The summed E-state index contributed by atoms with van der Waals surface area (Å²) in [5.74, 6) is -1.00. The highest BCUT2D eigenvalue weighted by molar-refractivity contribution is 5.98. The largest absolute Gasteiger partial charge is 0.385 e. The van der Waals surface area contributed by atoms with Gasteiger partial charge in [0, 0.05) is 42.8 Å². The normalized spacial score (nSPS) is 10.7. The number of nitrogens with one attached hydrogen (secondary N) is 3. The lowest BCUT2D eigenvalue weighted by Gasteiger charge is -2.14. The van der Waals surface area contributed by atoms with Crippen molar-refractivity contribution in [3.8, 4) is 0 Å². The fourth-order valence-corrected chi connectivity index (χ4v) is 2.95. The molecule has 31 heavy (non-hydrogen) atoms. The summed E-state index contributed by atoms with van der Waals surface area (Å²) in [5, 5.41) is 9.56. The van der Waals surface area contributed by atoms with E-state index in [-0.39, 0.29) is 12.1 Å². The molecule has 3 aromatic rings. The van der Waals surface area contributed by atoms with Crippen LogP contribution in [0.2, 0.25) is 0 Å². The van der Waals surface area contributed by atoms with E-state index in [0.29, 0.717) is 23.0 Å². The summed E-state index contributed by atoms with van der Waals surface area (Å²) in [6.07, 6.45) is 1.36. The van der Waals surface area contributed by atoms with Gasteiger partial charge in [0.1, 0.15) is 17.5 Å². The number of amides is 1. The van der Waals surface area contributed by atoms with E-state index in [0.717, 1.165) is 24.0 Å². The van der Waals surface area contributed by atoms with E-state index in [1.54, 1.807) is 6.07 Å². The Labute approximate surface area is 179 Å².